The third-order valence-corrected chi connectivity index (χ3v) is 3.74. The Morgan fingerprint density at radius 3 is 2.58 bits per heavy atom. The lowest BCUT2D eigenvalue weighted by Crippen LogP contribution is -2.32. The van der Waals surface area contributed by atoms with Crippen molar-refractivity contribution < 1.29 is 14.8 Å². The molecule has 0 aliphatic carbocycles. The molecule has 6 heteroatoms. The van der Waals surface area contributed by atoms with Crippen molar-refractivity contribution in [3.63, 3.8) is 0 Å². The molecule has 1 aromatic rings. The highest BCUT2D eigenvalue weighted by atomic mass is 16.6. The highest BCUT2D eigenvalue weighted by molar-refractivity contribution is 5.71. The maximum Gasteiger partial charge on any atom is 0.308 e. The van der Waals surface area contributed by atoms with Crippen LogP contribution in [-0.2, 0) is 11.3 Å². The molecule has 1 heterocycles. The number of aliphatic carboxylic acids is 1. The topological polar surface area (TPSA) is 83.7 Å². The van der Waals surface area contributed by atoms with Crippen LogP contribution >= 0.6 is 0 Å². The standard InChI is InChI=1S/C13H16N2O4/c1-9-12(13(16)17)6-7-14(9)8-10-2-4-11(5-3-10)15(18)19/h2-5,9,12H,6-8H2,1H3,(H,16,17). The van der Waals surface area contributed by atoms with Crippen molar-refractivity contribution >= 4 is 11.7 Å². The van der Waals surface area contributed by atoms with Gasteiger partial charge < -0.3 is 5.11 Å². The average molecular weight is 264 g/mol. The van der Waals surface area contributed by atoms with Crippen molar-refractivity contribution in [3.8, 4) is 0 Å². The Labute approximate surface area is 110 Å². The predicted molar refractivity (Wildman–Crippen MR) is 68.7 cm³/mol. The van der Waals surface area contributed by atoms with E-state index in [9.17, 15) is 14.9 Å². The molecule has 0 saturated carbocycles. The molecule has 1 fully saturated rings. The lowest BCUT2D eigenvalue weighted by Gasteiger charge is -2.22. The summed E-state index contributed by atoms with van der Waals surface area (Å²) in [5, 5.41) is 19.6. The third kappa shape index (κ3) is 2.90. The van der Waals surface area contributed by atoms with E-state index in [-0.39, 0.29) is 17.6 Å². The van der Waals surface area contributed by atoms with Crippen molar-refractivity contribution in [2.45, 2.75) is 25.9 Å². The number of nitro benzene ring substituents is 1. The first-order chi connectivity index (χ1) is 8.99. The fourth-order valence-corrected chi connectivity index (χ4v) is 2.51. The van der Waals surface area contributed by atoms with Gasteiger partial charge in [-0.05, 0) is 25.5 Å². The third-order valence-electron chi connectivity index (χ3n) is 3.74. The van der Waals surface area contributed by atoms with Gasteiger partial charge in [0, 0.05) is 24.7 Å². The van der Waals surface area contributed by atoms with E-state index >= 15 is 0 Å². The van der Waals surface area contributed by atoms with E-state index in [1.54, 1.807) is 12.1 Å². The number of carbonyl (C=O) groups is 1. The second-order valence-corrected chi connectivity index (χ2v) is 4.87. The fraction of sp³-hybridized carbons (Fsp3) is 0.462. The largest absolute Gasteiger partial charge is 0.481 e. The quantitative estimate of drug-likeness (QED) is 0.663. The van der Waals surface area contributed by atoms with E-state index in [1.165, 1.54) is 12.1 Å². The summed E-state index contributed by atoms with van der Waals surface area (Å²) >= 11 is 0. The van der Waals surface area contributed by atoms with Crippen LogP contribution in [0.2, 0.25) is 0 Å². The van der Waals surface area contributed by atoms with Crippen LogP contribution in [0.25, 0.3) is 0 Å². The Kier molecular flexibility index (Phi) is 3.80. The monoisotopic (exact) mass is 264 g/mol. The van der Waals surface area contributed by atoms with Gasteiger partial charge in [0.2, 0.25) is 0 Å². The number of carboxylic acid groups (broad SMARTS) is 1. The lowest BCUT2D eigenvalue weighted by molar-refractivity contribution is -0.384. The van der Waals surface area contributed by atoms with Gasteiger partial charge in [0.15, 0.2) is 0 Å². The van der Waals surface area contributed by atoms with Crippen molar-refractivity contribution in [1.82, 2.24) is 4.90 Å². The molecule has 1 saturated heterocycles. The van der Waals surface area contributed by atoms with Gasteiger partial charge in [-0.15, -0.1) is 0 Å². The number of hydrogen-bond acceptors (Lipinski definition) is 4. The van der Waals surface area contributed by atoms with Crippen LogP contribution in [0.15, 0.2) is 24.3 Å². The number of likely N-dealkylation sites (tertiary alicyclic amines) is 1. The Morgan fingerprint density at radius 1 is 1.47 bits per heavy atom. The first kappa shape index (κ1) is 13.5. The molecule has 0 spiro atoms. The van der Waals surface area contributed by atoms with Crippen molar-refractivity contribution in [1.29, 1.82) is 0 Å². The number of non-ortho nitro benzene ring substituents is 1. The van der Waals surface area contributed by atoms with Crippen LogP contribution in [0.5, 0.6) is 0 Å². The van der Waals surface area contributed by atoms with Gasteiger partial charge >= 0.3 is 5.97 Å². The zero-order valence-electron chi connectivity index (χ0n) is 10.7. The molecule has 0 amide bonds. The van der Waals surface area contributed by atoms with Gasteiger partial charge in [-0.1, -0.05) is 12.1 Å². The molecule has 0 radical (unpaired) electrons. The van der Waals surface area contributed by atoms with E-state index in [4.69, 9.17) is 5.11 Å². The van der Waals surface area contributed by atoms with Gasteiger partial charge in [0.1, 0.15) is 0 Å². The minimum atomic E-state index is -0.751. The van der Waals surface area contributed by atoms with E-state index < -0.39 is 10.9 Å². The number of rotatable bonds is 4. The van der Waals surface area contributed by atoms with Crippen LogP contribution in [0, 0.1) is 16.0 Å². The Balaban J connectivity index is 2.02. The summed E-state index contributed by atoms with van der Waals surface area (Å²) in [5.74, 6) is -1.07. The predicted octanol–water partition coefficient (Wildman–Crippen LogP) is 1.89. The SMILES string of the molecule is CC1C(C(=O)O)CCN1Cc1ccc([N+](=O)[O-])cc1. The van der Waals surface area contributed by atoms with Crippen molar-refractivity contribution in [2.24, 2.45) is 5.92 Å². The molecule has 1 aliphatic rings. The second-order valence-electron chi connectivity index (χ2n) is 4.87. The summed E-state index contributed by atoms with van der Waals surface area (Å²) in [7, 11) is 0. The van der Waals surface area contributed by atoms with Crippen LogP contribution < -0.4 is 0 Å². The number of nitro groups is 1. The van der Waals surface area contributed by atoms with Crippen molar-refractivity contribution in [2.75, 3.05) is 6.54 Å². The minimum absolute atomic E-state index is 0.00677. The molecular formula is C13H16N2O4. The zero-order valence-corrected chi connectivity index (χ0v) is 10.7. The molecule has 1 aromatic carbocycles. The van der Waals surface area contributed by atoms with Gasteiger partial charge in [-0.2, -0.15) is 0 Å². The summed E-state index contributed by atoms with van der Waals surface area (Å²) in [5.41, 5.74) is 1.03. The van der Waals surface area contributed by atoms with Gasteiger partial charge in [0.05, 0.1) is 10.8 Å². The molecule has 19 heavy (non-hydrogen) atoms. The van der Waals surface area contributed by atoms with Gasteiger partial charge in [-0.3, -0.25) is 19.8 Å². The molecule has 2 unspecified atom stereocenters. The maximum absolute atomic E-state index is 11.0. The summed E-state index contributed by atoms with van der Waals surface area (Å²) in [4.78, 5) is 23.3. The number of benzene rings is 1. The molecule has 0 bridgehead atoms. The van der Waals surface area contributed by atoms with Crippen LogP contribution in [0.3, 0.4) is 0 Å². The average Bonchev–Trinajstić information content (AvgIpc) is 2.72. The van der Waals surface area contributed by atoms with Gasteiger partial charge in [0.25, 0.3) is 5.69 Å². The molecule has 2 atom stereocenters. The van der Waals surface area contributed by atoms with E-state index in [0.717, 1.165) is 12.1 Å². The molecule has 6 nitrogen and oxygen atoms in total. The molecule has 102 valence electrons. The number of nitrogens with zero attached hydrogens (tertiary/aromatic N) is 2. The number of hydrogen-bond donors (Lipinski definition) is 1. The van der Waals surface area contributed by atoms with E-state index in [0.29, 0.717) is 13.0 Å². The smallest absolute Gasteiger partial charge is 0.308 e. The molecule has 0 aromatic heterocycles. The second kappa shape index (κ2) is 5.36. The summed E-state index contributed by atoms with van der Waals surface area (Å²) in [6.45, 7) is 3.29. The zero-order chi connectivity index (χ0) is 14.0. The first-order valence-corrected chi connectivity index (χ1v) is 6.19. The fourth-order valence-electron chi connectivity index (χ4n) is 2.51. The van der Waals surface area contributed by atoms with E-state index in [1.807, 2.05) is 6.92 Å². The minimum Gasteiger partial charge on any atom is -0.481 e. The lowest BCUT2D eigenvalue weighted by atomic mass is 10.0. The summed E-state index contributed by atoms with van der Waals surface area (Å²) in [6.07, 6.45) is 0.656. The Morgan fingerprint density at radius 2 is 2.11 bits per heavy atom. The molecular weight excluding hydrogens is 248 g/mol. The maximum atomic E-state index is 11.0. The van der Waals surface area contributed by atoms with E-state index in [2.05, 4.69) is 4.90 Å². The van der Waals surface area contributed by atoms with Crippen LogP contribution in [0.1, 0.15) is 18.9 Å². The molecule has 1 aliphatic heterocycles. The highest BCUT2D eigenvalue weighted by Gasteiger charge is 2.35. The summed E-state index contributed by atoms with van der Waals surface area (Å²) < 4.78 is 0. The molecule has 2 rings (SSSR count). The van der Waals surface area contributed by atoms with Crippen LogP contribution in [-0.4, -0.2) is 33.5 Å². The van der Waals surface area contributed by atoms with Gasteiger partial charge in [-0.25, -0.2) is 0 Å². The Bertz CT molecular complexity index is 486. The van der Waals surface area contributed by atoms with Crippen LogP contribution in [0.4, 0.5) is 5.69 Å². The van der Waals surface area contributed by atoms with Crippen molar-refractivity contribution in [3.05, 3.63) is 39.9 Å². The highest BCUT2D eigenvalue weighted by Crippen LogP contribution is 2.26. The first-order valence-electron chi connectivity index (χ1n) is 6.19. The molecule has 1 N–H and O–H groups in total. The number of carboxylic acids is 1. The Hall–Kier alpha value is -1.95. The normalized spacial score (nSPS) is 23.4. The summed E-state index contributed by atoms with van der Waals surface area (Å²) in [6, 6.07) is 6.39.